The molecule has 7 heteroatoms. The normalized spacial score (nSPS) is 19.0. The third-order valence-electron chi connectivity index (χ3n) is 3.40. The molecule has 0 aromatic heterocycles. The summed E-state index contributed by atoms with van der Waals surface area (Å²) in [5.41, 5.74) is 11.5. The molecule has 1 aliphatic rings. The van der Waals surface area contributed by atoms with E-state index in [-0.39, 0.29) is 23.8 Å². The minimum atomic E-state index is -0.431. The van der Waals surface area contributed by atoms with Crippen molar-refractivity contribution < 1.29 is 23.9 Å². The van der Waals surface area contributed by atoms with Crippen LogP contribution in [0.1, 0.15) is 23.2 Å². The van der Waals surface area contributed by atoms with E-state index in [2.05, 4.69) is 9.47 Å². The van der Waals surface area contributed by atoms with Gasteiger partial charge in [-0.15, -0.1) is 0 Å². The Labute approximate surface area is 128 Å². The highest BCUT2D eigenvalue weighted by molar-refractivity contribution is 5.93. The molecule has 1 fully saturated rings. The van der Waals surface area contributed by atoms with Crippen molar-refractivity contribution in [1.29, 1.82) is 0 Å². The fraction of sp³-hybridized carbons (Fsp3) is 0.400. The van der Waals surface area contributed by atoms with Gasteiger partial charge in [0.25, 0.3) is 0 Å². The number of anilines is 1. The van der Waals surface area contributed by atoms with E-state index in [4.69, 9.17) is 11.5 Å². The van der Waals surface area contributed by atoms with Gasteiger partial charge in [0.15, 0.2) is 0 Å². The lowest BCUT2D eigenvalue weighted by atomic mass is 9.75. The van der Waals surface area contributed by atoms with Crippen LogP contribution in [0.15, 0.2) is 24.3 Å². The number of benzene rings is 1. The third-order valence-corrected chi connectivity index (χ3v) is 3.40. The third kappa shape index (κ3) is 4.76. The van der Waals surface area contributed by atoms with E-state index in [0.717, 1.165) is 0 Å². The molecule has 1 amide bonds. The number of methoxy groups -OCH3 is 2. The quantitative estimate of drug-likeness (QED) is 0.627. The minimum Gasteiger partial charge on any atom is -0.469 e. The van der Waals surface area contributed by atoms with E-state index in [1.165, 1.54) is 14.2 Å². The Balaban J connectivity index is 0.000000224. The standard InChI is InChI=1S/C8H12O4.C7H8N2O/c1-11-7(9)5-3-6(4-5)8(10)12-2;8-6-3-1-5(2-4-6)7(9)10/h5-6H,3-4H2,1-2H3;1-4H,8H2,(H2,9,10). The molecule has 0 spiro atoms. The largest absolute Gasteiger partial charge is 0.469 e. The Morgan fingerprint density at radius 1 is 0.955 bits per heavy atom. The molecule has 0 unspecified atom stereocenters. The average Bonchev–Trinajstić information content (AvgIpc) is 2.46. The molecule has 1 saturated carbocycles. The van der Waals surface area contributed by atoms with Gasteiger partial charge < -0.3 is 20.9 Å². The number of esters is 2. The van der Waals surface area contributed by atoms with Crippen molar-refractivity contribution in [3.63, 3.8) is 0 Å². The van der Waals surface area contributed by atoms with Crippen LogP contribution in [0.5, 0.6) is 0 Å². The van der Waals surface area contributed by atoms with Gasteiger partial charge in [0.1, 0.15) is 0 Å². The van der Waals surface area contributed by atoms with Gasteiger partial charge in [-0.2, -0.15) is 0 Å². The Bertz CT molecular complexity index is 515. The molecule has 0 heterocycles. The minimum absolute atomic E-state index is 0.0981. The van der Waals surface area contributed by atoms with Gasteiger partial charge in [0, 0.05) is 11.3 Å². The van der Waals surface area contributed by atoms with E-state index < -0.39 is 5.91 Å². The van der Waals surface area contributed by atoms with Crippen molar-refractivity contribution in [3.05, 3.63) is 29.8 Å². The van der Waals surface area contributed by atoms with Crippen molar-refractivity contribution in [3.8, 4) is 0 Å². The predicted octanol–water partition coefficient (Wildman–Crippen LogP) is 0.726. The maximum absolute atomic E-state index is 10.9. The summed E-state index contributed by atoms with van der Waals surface area (Å²) in [5, 5.41) is 0. The summed E-state index contributed by atoms with van der Waals surface area (Å²) < 4.78 is 9.05. The second-order valence-corrected chi connectivity index (χ2v) is 4.90. The smallest absolute Gasteiger partial charge is 0.308 e. The van der Waals surface area contributed by atoms with E-state index in [1.54, 1.807) is 24.3 Å². The van der Waals surface area contributed by atoms with Gasteiger partial charge in [-0.1, -0.05) is 0 Å². The van der Waals surface area contributed by atoms with E-state index in [0.29, 0.717) is 24.1 Å². The van der Waals surface area contributed by atoms with Crippen molar-refractivity contribution in [2.24, 2.45) is 17.6 Å². The maximum atomic E-state index is 10.9. The van der Waals surface area contributed by atoms with E-state index >= 15 is 0 Å². The first kappa shape index (κ1) is 17.5. The molecular weight excluding hydrogens is 288 g/mol. The SMILES string of the molecule is COC(=O)C1CC(C(=O)OC)C1.NC(=O)c1ccc(N)cc1. The molecule has 0 bridgehead atoms. The van der Waals surface area contributed by atoms with Crippen LogP contribution in [0.4, 0.5) is 5.69 Å². The van der Waals surface area contributed by atoms with Gasteiger partial charge in [-0.3, -0.25) is 14.4 Å². The molecule has 0 aliphatic heterocycles. The topological polar surface area (TPSA) is 122 Å². The fourth-order valence-electron chi connectivity index (χ4n) is 1.98. The molecule has 7 nitrogen and oxygen atoms in total. The Kier molecular flexibility index (Phi) is 6.37. The van der Waals surface area contributed by atoms with Crippen LogP contribution in [-0.2, 0) is 19.1 Å². The summed E-state index contributed by atoms with van der Waals surface area (Å²) in [7, 11) is 2.71. The maximum Gasteiger partial charge on any atom is 0.308 e. The molecule has 0 atom stereocenters. The molecule has 22 heavy (non-hydrogen) atoms. The predicted molar refractivity (Wildman–Crippen MR) is 79.6 cm³/mol. The zero-order valence-corrected chi connectivity index (χ0v) is 12.6. The van der Waals surface area contributed by atoms with Crippen LogP contribution in [0.2, 0.25) is 0 Å². The summed E-state index contributed by atoms with van der Waals surface area (Å²) in [5.74, 6) is -1.08. The average molecular weight is 308 g/mol. The van der Waals surface area contributed by atoms with Gasteiger partial charge in [0.05, 0.1) is 26.1 Å². The Morgan fingerprint density at radius 2 is 1.36 bits per heavy atom. The molecule has 120 valence electrons. The van der Waals surface area contributed by atoms with Crippen molar-refractivity contribution >= 4 is 23.5 Å². The fourth-order valence-corrected chi connectivity index (χ4v) is 1.98. The highest BCUT2D eigenvalue weighted by Gasteiger charge is 2.39. The summed E-state index contributed by atoms with van der Waals surface area (Å²) in [6.45, 7) is 0. The number of ether oxygens (including phenoxy) is 2. The number of nitrogen functional groups attached to an aromatic ring is 1. The second-order valence-electron chi connectivity index (χ2n) is 4.90. The van der Waals surface area contributed by atoms with Gasteiger partial charge >= 0.3 is 11.9 Å². The first-order valence-electron chi connectivity index (χ1n) is 6.70. The van der Waals surface area contributed by atoms with Gasteiger partial charge in [0.2, 0.25) is 5.91 Å². The monoisotopic (exact) mass is 308 g/mol. The molecule has 1 aliphatic carbocycles. The molecule has 2 rings (SSSR count). The highest BCUT2D eigenvalue weighted by Crippen LogP contribution is 2.35. The first-order chi connectivity index (χ1) is 10.4. The number of hydrogen-bond acceptors (Lipinski definition) is 6. The van der Waals surface area contributed by atoms with E-state index in [9.17, 15) is 14.4 Å². The number of nitrogens with two attached hydrogens (primary N) is 2. The Hall–Kier alpha value is -2.57. The summed E-state index contributed by atoms with van der Waals surface area (Å²) >= 11 is 0. The molecule has 0 saturated heterocycles. The van der Waals surface area contributed by atoms with Crippen LogP contribution in [0.25, 0.3) is 0 Å². The first-order valence-corrected chi connectivity index (χ1v) is 6.70. The lowest BCUT2D eigenvalue weighted by Crippen LogP contribution is -2.36. The molecule has 1 aromatic carbocycles. The zero-order valence-electron chi connectivity index (χ0n) is 12.6. The number of carbonyl (C=O) groups excluding carboxylic acids is 3. The van der Waals surface area contributed by atoms with Crippen molar-refractivity contribution in [2.45, 2.75) is 12.8 Å². The lowest BCUT2D eigenvalue weighted by Gasteiger charge is -2.30. The van der Waals surface area contributed by atoms with E-state index in [1.807, 2.05) is 0 Å². The molecule has 4 N–H and O–H groups in total. The summed E-state index contributed by atoms with van der Waals surface area (Å²) in [6, 6.07) is 6.47. The number of hydrogen-bond donors (Lipinski definition) is 2. The van der Waals surface area contributed by atoms with Crippen LogP contribution in [0.3, 0.4) is 0 Å². The van der Waals surface area contributed by atoms with Gasteiger partial charge in [-0.05, 0) is 37.1 Å². The Morgan fingerprint density at radius 3 is 1.68 bits per heavy atom. The van der Waals surface area contributed by atoms with Crippen molar-refractivity contribution in [1.82, 2.24) is 0 Å². The molecular formula is C15H20N2O5. The molecule has 0 radical (unpaired) electrons. The van der Waals surface area contributed by atoms with Crippen LogP contribution >= 0.6 is 0 Å². The summed E-state index contributed by atoms with van der Waals surface area (Å²) in [4.78, 5) is 32.2. The van der Waals surface area contributed by atoms with Crippen LogP contribution in [0, 0.1) is 11.8 Å². The highest BCUT2D eigenvalue weighted by atomic mass is 16.5. The number of rotatable bonds is 3. The molecule has 1 aromatic rings. The lowest BCUT2D eigenvalue weighted by molar-refractivity contribution is -0.158. The zero-order chi connectivity index (χ0) is 16.7. The van der Waals surface area contributed by atoms with Crippen LogP contribution in [-0.4, -0.2) is 32.1 Å². The number of amides is 1. The van der Waals surface area contributed by atoms with Gasteiger partial charge in [-0.25, -0.2) is 0 Å². The summed E-state index contributed by atoms with van der Waals surface area (Å²) in [6.07, 6.45) is 1.14. The van der Waals surface area contributed by atoms with Crippen LogP contribution < -0.4 is 11.5 Å². The second kappa shape index (κ2) is 8.02. The number of carbonyl (C=O) groups is 3. The number of primary amides is 1. The van der Waals surface area contributed by atoms with Crippen molar-refractivity contribution in [2.75, 3.05) is 20.0 Å².